The van der Waals surface area contributed by atoms with Gasteiger partial charge in [-0.3, -0.25) is 9.59 Å². The predicted octanol–water partition coefficient (Wildman–Crippen LogP) is 2.43. The molecule has 1 saturated heterocycles. The van der Waals surface area contributed by atoms with Gasteiger partial charge in [-0.2, -0.15) is 0 Å². The fraction of sp³-hybridized carbons (Fsp3) is 0.571. The van der Waals surface area contributed by atoms with E-state index < -0.39 is 0 Å². The molecule has 1 aromatic rings. The van der Waals surface area contributed by atoms with Crippen LogP contribution in [0.3, 0.4) is 0 Å². The maximum atomic E-state index is 12.3. The minimum absolute atomic E-state index is 0.0499. The van der Waals surface area contributed by atoms with Crippen molar-refractivity contribution in [2.45, 2.75) is 32.7 Å². The third-order valence-corrected chi connectivity index (χ3v) is 4.93. The van der Waals surface area contributed by atoms with E-state index >= 15 is 0 Å². The Hall–Kier alpha value is -0.880. The van der Waals surface area contributed by atoms with Crippen LogP contribution in [0.4, 0.5) is 0 Å². The summed E-state index contributed by atoms with van der Waals surface area (Å²) >= 11 is 5.10. The van der Waals surface area contributed by atoms with Crippen LogP contribution in [0.1, 0.15) is 25.1 Å². The van der Waals surface area contributed by atoms with Gasteiger partial charge in [0.1, 0.15) is 6.04 Å². The summed E-state index contributed by atoms with van der Waals surface area (Å²) in [6, 6.07) is 3.70. The summed E-state index contributed by atoms with van der Waals surface area (Å²) in [4.78, 5) is 27.0. The third kappa shape index (κ3) is 4.06. The minimum atomic E-state index is -0.355. The highest BCUT2D eigenvalue weighted by molar-refractivity contribution is 9.11. The second-order valence-electron chi connectivity index (χ2n) is 5.47. The zero-order valence-corrected chi connectivity index (χ0v) is 14.1. The van der Waals surface area contributed by atoms with E-state index in [0.717, 1.165) is 10.2 Å². The summed E-state index contributed by atoms with van der Waals surface area (Å²) in [5.74, 6) is 0.383. The molecule has 1 atom stereocenters. The summed E-state index contributed by atoms with van der Waals surface area (Å²) in [7, 11) is 0. The second kappa shape index (κ2) is 6.72. The van der Waals surface area contributed by atoms with Gasteiger partial charge in [-0.1, -0.05) is 13.8 Å². The summed E-state index contributed by atoms with van der Waals surface area (Å²) in [5, 5.41) is 2.79. The molecule has 4 nitrogen and oxygen atoms in total. The van der Waals surface area contributed by atoms with Crippen LogP contribution in [0, 0.1) is 5.92 Å². The summed E-state index contributed by atoms with van der Waals surface area (Å²) in [6.07, 6.45) is 1.50. The van der Waals surface area contributed by atoms with Gasteiger partial charge in [-0.25, -0.2) is 0 Å². The van der Waals surface area contributed by atoms with Crippen LogP contribution in [0.25, 0.3) is 0 Å². The first-order valence-electron chi connectivity index (χ1n) is 6.78. The molecular weight excluding hydrogens is 340 g/mol. The Labute approximate surface area is 131 Å². The van der Waals surface area contributed by atoms with E-state index in [-0.39, 0.29) is 24.4 Å². The normalized spacial score (nSPS) is 19.6. The molecule has 1 aliphatic rings. The molecule has 0 radical (unpaired) electrons. The van der Waals surface area contributed by atoms with E-state index in [0.29, 0.717) is 18.9 Å². The zero-order chi connectivity index (χ0) is 14.7. The molecule has 110 valence electrons. The Bertz CT molecular complexity index is 501. The average Bonchev–Trinajstić information content (AvgIpc) is 2.77. The van der Waals surface area contributed by atoms with Crippen molar-refractivity contribution in [2.75, 3.05) is 13.1 Å². The zero-order valence-electron chi connectivity index (χ0n) is 11.7. The number of hydrogen-bond acceptors (Lipinski definition) is 3. The number of carbonyl (C=O) groups excluding carboxylic acids is 2. The van der Waals surface area contributed by atoms with Crippen molar-refractivity contribution in [1.29, 1.82) is 0 Å². The molecule has 1 aliphatic heterocycles. The van der Waals surface area contributed by atoms with Crippen LogP contribution in [0.5, 0.6) is 0 Å². The topological polar surface area (TPSA) is 49.4 Å². The maximum Gasteiger partial charge on any atom is 0.245 e. The monoisotopic (exact) mass is 358 g/mol. The molecular formula is C14H19BrN2O2S. The van der Waals surface area contributed by atoms with Gasteiger partial charge < -0.3 is 10.2 Å². The van der Waals surface area contributed by atoms with Gasteiger partial charge in [-0.15, -0.1) is 11.3 Å². The first-order chi connectivity index (χ1) is 9.45. The molecule has 0 saturated carbocycles. The molecule has 0 bridgehead atoms. The van der Waals surface area contributed by atoms with Crippen molar-refractivity contribution < 1.29 is 9.59 Å². The quantitative estimate of drug-likeness (QED) is 0.878. The predicted molar refractivity (Wildman–Crippen MR) is 83.7 cm³/mol. The molecule has 0 spiro atoms. The minimum Gasteiger partial charge on any atom is -0.343 e. The Morgan fingerprint density at radius 2 is 2.20 bits per heavy atom. The molecule has 2 heterocycles. The van der Waals surface area contributed by atoms with Gasteiger partial charge in [0.25, 0.3) is 0 Å². The Kier molecular flexibility index (Phi) is 5.21. The number of carbonyl (C=O) groups is 2. The maximum absolute atomic E-state index is 12.3. The van der Waals surface area contributed by atoms with E-state index in [9.17, 15) is 9.59 Å². The SMILES string of the molecule is CC(C)CC1NC(=O)CN(CCc2ccc(Br)s2)C1=O. The summed E-state index contributed by atoms with van der Waals surface area (Å²) in [6.45, 7) is 4.90. The van der Waals surface area contributed by atoms with Crippen molar-refractivity contribution in [3.8, 4) is 0 Å². The first-order valence-corrected chi connectivity index (χ1v) is 8.39. The highest BCUT2D eigenvalue weighted by Gasteiger charge is 2.32. The standard InChI is InChI=1S/C14H19BrN2O2S/c1-9(2)7-11-14(19)17(8-13(18)16-11)6-5-10-3-4-12(15)20-10/h3-4,9,11H,5-8H2,1-2H3,(H,16,18). The fourth-order valence-corrected chi connectivity index (χ4v) is 3.80. The number of nitrogens with one attached hydrogen (secondary N) is 1. The van der Waals surface area contributed by atoms with Gasteiger partial charge in [-0.05, 0) is 46.8 Å². The Balaban J connectivity index is 1.95. The average molecular weight is 359 g/mol. The highest BCUT2D eigenvalue weighted by atomic mass is 79.9. The fourth-order valence-electron chi connectivity index (χ4n) is 2.33. The summed E-state index contributed by atoms with van der Waals surface area (Å²) < 4.78 is 1.09. The smallest absolute Gasteiger partial charge is 0.245 e. The molecule has 0 aliphatic carbocycles. The highest BCUT2D eigenvalue weighted by Crippen LogP contribution is 2.23. The number of amides is 2. The lowest BCUT2D eigenvalue weighted by Gasteiger charge is -2.33. The number of halogens is 1. The number of nitrogens with zero attached hydrogens (tertiary/aromatic N) is 1. The number of rotatable bonds is 5. The van der Waals surface area contributed by atoms with E-state index in [4.69, 9.17) is 0 Å². The van der Waals surface area contributed by atoms with Gasteiger partial charge >= 0.3 is 0 Å². The molecule has 2 rings (SSSR count). The number of hydrogen-bond donors (Lipinski definition) is 1. The van der Waals surface area contributed by atoms with Crippen LogP contribution in [0.2, 0.25) is 0 Å². The number of thiophene rings is 1. The van der Waals surface area contributed by atoms with Crippen molar-refractivity contribution in [2.24, 2.45) is 5.92 Å². The lowest BCUT2D eigenvalue weighted by Crippen LogP contribution is -2.58. The van der Waals surface area contributed by atoms with Crippen molar-refractivity contribution in [3.63, 3.8) is 0 Å². The molecule has 6 heteroatoms. The Morgan fingerprint density at radius 1 is 1.45 bits per heavy atom. The van der Waals surface area contributed by atoms with Crippen LogP contribution in [-0.2, 0) is 16.0 Å². The molecule has 1 fully saturated rings. The molecule has 1 aromatic heterocycles. The lowest BCUT2D eigenvalue weighted by atomic mass is 10.0. The molecule has 2 amide bonds. The first kappa shape index (κ1) is 15.5. The Morgan fingerprint density at radius 3 is 2.80 bits per heavy atom. The number of piperazine rings is 1. The molecule has 0 aromatic carbocycles. The molecule has 1 unspecified atom stereocenters. The van der Waals surface area contributed by atoms with Crippen molar-refractivity contribution >= 4 is 39.1 Å². The van der Waals surface area contributed by atoms with E-state index in [2.05, 4.69) is 41.2 Å². The van der Waals surface area contributed by atoms with E-state index in [1.807, 2.05) is 6.07 Å². The molecule has 20 heavy (non-hydrogen) atoms. The van der Waals surface area contributed by atoms with Crippen molar-refractivity contribution in [3.05, 3.63) is 20.8 Å². The second-order valence-corrected chi connectivity index (χ2v) is 8.01. The third-order valence-electron chi connectivity index (χ3n) is 3.24. The van der Waals surface area contributed by atoms with Gasteiger partial charge in [0, 0.05) is 11.4 Å². The van der Waals surface area contributed by atoms with Crippen LogP contribution >= 0.6 is 27.3 Å². The van der Waals surface area contributed by atoms with E-state index in [1.54, 1.807) is 16.2 Å². The van der Waals surface area contributed by atoms with Crippen LogP contribution in [-0.4, -0.2) is 35.8 Å². The van der Waals surface area contributed by atoms with Crippen molar-refractivity contribution in [1.82, 2.24) is 10.2 Å². The van der Waals surface area contributed by atoms with E-state index in [1.165, 1.54) is 4.88 Å². The van der Waals surface area contributed by atoms with Gasteiger partial charge in [0.2, 0.25) is 11.8 Å². The van der Waals surface area contributed by atoms with Gasteiger partial charge in [0.05, 0.1) is 10.3 Å². The van der Waals surface area contributed by atoms with Gasteiger partial charge in [0.15, 0.2) is 0 Å². The summed E-state index contributed by atoms with van der Waals surface area (Å²) in [5.41, 5.74) is 0. The lowest BCUT2D eigenvalue weighted by molar-refractivity contribution is -0.144. The van der Waals surface area contributed by atoms with Crippen LogP contribution in [0.15, 0.2) is 15.9 Å². The van der Waals surface area contributed by atoms with Crippen LogP contribution < -0.4 is 5.32 Å². The largest absolute Gasteiger partial charge is 0.343 e. The molecule has 1 N–H and O–H groups in total.